The molecule has 1 aromatic heterocycles. The maximum absolute atomic E-state index is 11.7. The SMILES string of the molecule is CNCCS(=O)(=O)NCc1cccc2cccnc12. The minimum Gasteiger partial charge on any atom is -0.319 e. The second-order valence-corrected chi connectivity index (χ2v) is 6.16. The molecule has 1 heterocycles. The third kappa shape index (κ3) is 3.73. The van der Waals surface area contributed by atoms with Gasteiger partial charge in [-0.05, 0) is 18.7 Å². The average molecular weight is 279 g/mol. The minimum absolute atomic E-state index is 0.0711. The predicted octanol–water partition coefficient (Wildman–Crippen LogP) is 0.874. The van der Waals surface area contributed by atoms with Crippen LogP contribution in [0.5, 0.6) is 0 Å². The Kier molecular flexibility index (Phi) is 4.47. The number of pyridine rings is 1. The molecular formula is C13H17N3O2S. The van der Waals surface area contributed by atoms with E-state index in [1.165, 1.54) is 0 Å². The Balaban J connectivity index is 2.14. The lowest BCUT2D eigenvalue weighted by Gasteiger charge is -2.08. The summed E-state index contributed by atoms with van der Waals surface area (Å²) in [5, 5.41) is 3.83. The van der Waals surface area contributed by atoms with Crippen molar-refractivity contribution in [1.82, 2.24) is 15.0 Å². The number of nitrogens with zero attached hydrogens (tertiary/aromatic N) is 1. The zero-order valence-corrected chi connectivity index (χ0v) is 11.6. The number of hydrogen-bond acceptors (Lipinski definition) is 4. The molecular weight excluding hydrogens is 262 g/mol. The highest BCUT2D eigenvalue weighted by molar-refractivity contribution is 7.89. The number of benzene rings is 1. The summed E-state index contributed by atoms with van der Waals surface area (Å²) in [5.74, 6) is 0.0711. The Morgan fingerprint density at radius 1 is 1.21 bits per heavy atom. The van der Waals surface area contributed by atoms with Gasteiger partial charge in [0.15, 0.2) is 0 Å². The van der Waals surface area contributed by atoms with Crippen LogP contribution in [0.3, 0.4) is 0 Å². The van der Waals surface area contributed by atoms with Gasteiger partial charge in [0.1, 0.15) is 0 Å². The molecule has 0 spiro atoms. The highest BCUT2D eigenvalue weighted by atomic mass is 32.2. The van der Waals surface area contributed by atoms with Gasteiger partial charge in [-0.1, -0.05) is 24.3 Å². The molecule has 5 nitrogen and oxygen atoms in total. The van der Waals surface area contributed by atoms with Crippen molar-refractivity contribution in [3.63, 3.8) is 0 Å². The van der Waals surface area contributed by atoms with Crippen LogP contribution in [0.15, 0.2) is 36.5 Å². The fraction of sp³-hybridized carbons (Fsp3) is 0.308. The molecule has 0 unspecified atom stereocenters. The third-order valence-electron chi connectivity index (χ3n) is 2.82. The summed E-state index contributed by atoms with van der Waals surface area (Å²) in [6.07, 6.45) is 1.71. The van der Waals surface area contributed by atoms with Gasteiger partial charge >= 0.3 is 0 Å². The van der Waals surface area contributed by atoms with Crippen LogP contribution >= 0.6 is 0 Å². The van der Waals surface area contributed by atoms with E-state index < -0.39 is 10.0 Å². The van der Waals surface area contributed by atoms with Crippen LogP contribution in [0.25, 0.3) is 10.9 Å². The molecule has 0 aliphatic carbocycles. The van der Waals surface area contributed by atoms with Gasteiger partial charge in [-0.2, -0.15) is 0 Å². The van der Waals surface area contributed by atoms with Crippen molar-refractivity contribution >= 4 is 20.9 Å². The zero-order valence-electron chi connectivity index (χ0n) is 10.8. The quantitative estimate of drug-likeness (QED) is 0.823. The molecule has 0 atom stereocenters. The van der Waals surface area contributed by atoms with Crippen LogP contribution in [0, 0.1) is 0 Å². The fourth-order valence-corrected chi connectivity index (χ4v) is 2.80. The molecule has 2 aromatic rings. The Labute approximate surface area is 113 Å². The molecule has 0 aliphatic rings. The van der Waals surface area contributed by atoms with E-state index in [2.05, 4.69) is 15.0 Å². The van der Waals surface area contributed by atoms with Crippen LogP contribution in [-0.2, 0) is 16.6 Å². The number of sulfonamides is 1. The summed E-state index contributed by atoms with van der Waals surface area (Å²) in [4.78, 5) is 4.30. The summed E-state index contributed by atoms with van der Waals surface area (Å²) >= 11 is 0. The second kappa shape index (κ2) is 6.10. The maximum Gasteiger partial charge on any atom is 0.213 e. The zero-order chi connectivity index (χ0) is 13.7. The third-order valence-corrected chi connectivity index (χ3v) is 4.15. The number of hydrogen-bond donors (Lipinski definition) is 2. The van der Waals surface area contributed by atoms with E-state index in [0.29, 0.717) is 6.54 Å². The molecule has 0 aliphatic heterocycles. The first kappa shape index (κ1) is 13.9. The maximum atomic E-state index is 11.7. The molecule has 0 fully saturated rings. The summed E-state index contributed by atoms with van der Waals surface area (Å²) in [6.45, 7) is 0.698. The van der Waals surface area contributed by atoms with E-state index >= 15 is 0 Å². The molecule has 0 amide bonds. The van der Waals surface area contributed by atoms with Crippen LogP contribution in [0.4, 0.5) is 0 Å². The first-order valence-electron chi connectivity index (χ1n) is 6.07. The van der Waals surface area contributed by atoms with Gasteiger partial charge < -0.3 is 5.32 Å². The van der Waals surface area contributed by atoms with Crippen molar-refractivity contribution in [3.05, 3.63) is 42.1 Å². The van der Waals surface area contributed by atoms with Gasteiger partial charge in [-0.15, -0.1) is 0 Å². The summed E-state index contributed by atoms with van der Waals surface area (Å²) in [7, 11) is -1.52. The number of aromatic nitrogens is 1. The minimum atomic E-state index is -3.25. The number of nitrogens with one attached hydrogen (secondary N) is 2. The summed E-state index contributed by atoms with van der Waals surface area (Å²) < 4.78 is 26.0. The van der Waals surface area contributed by atoms with E-state index in [1.807, 2.05) is 30.3 Å². The molecule has 19 heavy (non-hydrogen) atoms. The predicted molar refractivity (Wildman–Crippen MR) is 76.3 cm³/mol. The van der Waals surface area contributed by atoms with Gasteiger partial charge in [-0.3, -0.25) is 4.98 Å². The molecule has 2 N–H and O–H groups in total. The molecule has 0 saturated heterocycles. The molecule has 0 radical (unpaired) electrons. The second-order valence-electron chi connectivity index (χ2n) is 4.24. The number of rotatable bonds is 6. The highest BCUT2D eigenvalue weighted by Crippen LogP contribution is 2.15. The molecule has 6 heteroatoms. The van der Waals surface area contributed by atoms with Crippen LogP contribution < -0.4 is 10.0 Å². The number of para-hydroxylation sites is 1. The van der Waals surface area contributed by atoms with E-state index in [9.17, 15) is 8.42 Å². The standard InChI is InChI=1S/C13H17N3O2S/c1-14-8-9-19(17,18)16-10-12-5-2-4-11-6-3-7-15-13(11)12/h2-7,14,16H,8-10H2,1H3. The Hall–Kier alpha value is -1.50. The van der Waals surface area contributed by atoms with Gasteiger partial charge in [-0.25, -0.2) is 13.1 Å². The normalized spacial score (nSPS) is 11.8. The van der Waals surface area contributed by atoms with Crippen molar-refractivity contribution in [2.24, 2.45) is 0 Å². The summed E-state index contributed by atoms with van der Waals surface area (Å²) in [5.41, 5.74) is 1.72. The molecule has 102 valence electrons. The summed E-state index contributed by atoms with van der Waals surface area (Å²) in [6, 6.07) is 9.57. The lowest BCUT2D eigenvalue weighted by atomic mass is 10.1. The van der Waals surface area contributed by atoms with E-state index in [1.54, 1.807) is 13.2 Å². The van der Waals surface area contributed by atoms with Crippen molar-refractivity contribution in [3.8, 4) is 0 Å². The molecule has 1 aromatic carbocycles. The highest BCUT2D eigenvalue weighted by Gasteiger charge is 2.10. The first-order valence-corrected chi connectivity index (χ1v) is 7.72. The van der Waals surface area contributed by atoms with E-state index in [-0.39, 0.29) is 12.3 Å². The van der Waals surface area contributed by atoms with Crippen LogP contribution in [0.2, 0.25) is 0 Å². The lowest BCUT2D eigenvalue weighted by molar-refractivity contribution is 0.579. The lowest BCUT2D eigenvalue weighted by Crippen LogP contribution is -2.30. The number of fused-ring (bicyclic) bond motifs is 1. The van der Waals surface area contributed by atoms with Crippen molar-refractivity contribution in [1.29, 1.82) is 0 Å². The Bertz CT molecular complexity index is 650. The first-order chi connectivity index (χ1) is 9.12. The Morgan fingerprint density at radius 2 is 2.00 bits per heavy atom. The van der Waals surface area contributed by atoms with Crippen molar-refractivity contribution in [2.45, 2.75) is 6.54 Å². The topological polar surface area (TPSA) is 71.1 Å². The van der Waals surface area contributed by atoms with Gasteiger partial charge in [0.25, 0.3) is 0 Å². The van der Waals surface area contributed by atoms with Crippen LogP contribution in [-0.4, -0.2) is 32.7 Å². The van der Waals surface area contributed by atoms with Crippen LogP contribution in [0.1, 0.15) is 5.56 Å². The average Bonchev–Trinajstić information content (AvgIpc) is 2.43. The van der Waals surface area contributed by atoms with E-state index in [4.69, 9.17) is 0 Å². The van der Waals surface area contributed by atoms with Gasteiger partial charge in [0.05, 0.1) is 11.3 Å². The van der Waals surface area contributed by atoms with Crippen molar-refractivity contribution in [2.75, 3.05) is 19.3 Å². The smallest absolute Gasteiger partial charge is 0.213 e. The molecule has 0 bridgehead atoms. The van der Waals surface area contributed by atoms with Gasteiger partial charge in [0, 0.05) is 24.7 Å². The Morgan fingerprint density at radius 3 is 2.79 bits per heavy atom. The van der Waals surface area contributed by atoms with Gasteiger partial charge in [0.2, 0.25) is 10.0 Å². The molecule has 2 rings (SSSR count). The molecule has 0 saturated carbocycles. The monoisotopic (exact) mass is 279 g/mol. The van der Waals surface area contributed by atoms with Crippen molar-refractivity contribution < 1.29 is 8.42 Å². The fourth-order valence-electron chi connectivity index (χ4n) is 1.81. The van der Waals surface area contributed by atoms with E-state index in [0.717, 1.165) is 16.5 Å². The largest absolute Gasteiger partial charge is 0.319 e.